The van der Waals surface area contributed by atoms with Crippen LogP contribution in [0.25, 0.3) is 0 Å². The zero-order valence-electron chi connectivity index (χ0n) is 19.4. The first-order valence-electron chi connectivity index (χ1n) is 12.4. The Kier molecular flexibility index (Phi) is 5.54. The number of hydrogen-bond donors (Lipinski definition) is 1. The van der Waals surface area contributed by atoms with Crippen molar-refractivity contribution in [3.63, 3.8) is 0 Å². The second kappa shape index (κ2) is 8.84. The Bertz CT molecular complexity index is 1160. The lowest BCUT2D eigenvalue weighted by Gasteiger charge is -2.51. The number of carbonyl (C=O) groups is 1. The van der Waals surface area contributed by atoms with Crippen LogP contribution in [-0.2, 0) is 24.3 Å². The fourth-order valence-corrected chi connectivity index (χ4v) is 6.64. The molecule has 3 heterocycles. The van der Waals surface area contributed by atoms with Gasteiger partial charge < -0.3 is 5.32 Å². The fourth-order valence-electron chi connectivity index (χ4n) is 6.64. The smallest absolute Gasteiger partial charge is 0.250 e. The first-order chi connectivity index (χ1) is 16.7. The highest BCUT2D eigenvalue weighted by atomic mass is 16.2. The largest absolute Gasteiger partial charge is 0.350 e. The van der Waals surface area contributed by atoms with E-state index in [1.165, 1.54) is 11.1 Å². The standard InChI is InChI=1S/C30H31N3O/c34-29(31-18-23-12-6-2-7-13-23)30-26-17-25(19-32-30)27(16-22-10-4-1-5-11-22)28(30)33(21-26)20-24-14-8-3-9-15-24/h1-15,19,25-28H,16-18,20-21H2,(H,31,34)/t25-,26-,27+,28-,30-/m0/s1. The second-order valence-electron chi connectivity index (χ2n) is 10.1. The molecule has 3 aromatic rings. The first-order valence-corrected chi connectivity index (χ1v) is 12.4. The van der Waals surface area contributed by atoms with Gasteiger partial charge >= 0.3 is 0 Å². The minimum absolute atomic E-state index is 0.0920. The van der Waals surface area contributed by atoms with E-state index in [2.05, 4.69) is 89.2 Å². The van der Waals surface area contributed by atoms with Gasteiger partial charge in [-0.2, -0.15) is 0 Å². The lowest BCUT2D eigenvalue weighted by molar-refractivity contribution is -0.132. The molecule has 3 aliphatic heterocycles. The molecule has 1 amide bonds. The molecule has 0 unspecified atom stereocenters. The summed E-state index contributed by atoms with van der Waals surface area (Å²) in [5.41, 5.74) is 3.07. The molecule has 7 rings (SSSR count). The summed E-state index contributed by atoms with van der Waals surface area (Å²) >= 11 is 0. The first kappa shape index (κ1) is 21.3. The molecule has 1 saturated carbocycles. The van der Waals surface area contributed by atoms with E-state index in [1.54, 1.807) is 0 Å². The number of nitrogens with zero attached hydrogens (tertiary/aromatic N) is 2. The molecule has 1 aliphatic carbocycles. The minimum atomic E-state index is -0.697. The van der Waals surface area contributed by atoms with Gasteiger partial charge in [-0.05, 0) is 41.4 Å². The van der Waals surface area contributed by atoms with Crippen LogP contribution >= 0.6 is 0 Å². The summed E-state index contributed by atoms with van der Waals surface area (Å²) in [7, 11) is 0. The third-order valence-corrected chi connectivity index (χ3v) is 8.12. The van der Waals surface area contributed by atoms with Crippen molar-refractivity contribution < 1.29 is 4.79 Å². The van der Waals surface area contributed by atoms with Gasteiger partial charge in [0.05, 0.1) is 0 Å². The van der Waals surface area contributed by atoms with Crippen LogP contribution in [0.2, 0.25) is 0 Å². The van der Waals surface area contributed by atoms with E-state index >= 15 is 0 Å². The van der Waals surface area contributed by atoms with Crippen molar-refractivity contribution in [2.75, 3.05) is 6.54 Å². The SMILES string of the molecule is O=C(NCc1ccccc1)[C@]12N=C[C@@H]3C[C@H]1CN(Cc1ccccc1)[C@H]2[C@@H]3Cc1ccccc1. The normalized spacial score (nSPS) is 29.3. The van der Waals surface area contributed by atoms with E-state index in [4.69, 9.17) is 4.99 Å². The number of amides is 1. The summed E-state index contributed by atoms with van der Waals surface area (Å²) in [6.07, 6.45) is 4.14. The number of likely N-dealkylation sites (tertiary alicyclic amines) is 1. The van der Waals surface area contributed by atoms with Crippen molar-refractivity contribution in [2.45, 2.75) is 37.5 Å². The average molecular weight is 450 g/mol. The molecule has 0 radical (unpaired) electrons. The Morgan fingerprint density at radius 3 is 2.18 bits per heavy atom. The van der Waals surface area contributed by atoms with Gasteiger partial charge in [0.1, 0.15) is 0 Å². The van der Waals surface area contributed by atoms with Gasteiger partial charge in [-0.15, -0.1) is 0 Å². The zero-order chi connectivity index (χ0) is 23.0. The molecule has 1 N–H and O–H groups in total. The molecule has 4 heteroatoms. The summed E-state index contributed by atoms with van der Waals surface area (Å²) in [4.78, 5) is 21.6. The van der Waals surface area contributed by atoms with Crippen molar-refractivity contribution in [2.24, 2.45) is 22.7 Å². The van der Waals surface area contributed by atoms with E-state index in [-0.39, 0.29) is 17.9 Å². The van der Waals surface area contributed by atoms with Crippen LogP contribution in [0.1, 0.15) is 23.1 Å². The summed E-state index contributed by atoms with van der Waals surface area (Å²) in [5.74, 6) is 1.16. The number of hydrogen-bond acceptors (Lipinski definition) is 3. The number of nitrogens with one attached hydrogen (secondary N) is 1. The van der Waals surface area contributed by atoms with Crippen molar-refractivity contribution >= 4 is 12.1 Å². The van der Waals surface area contributed by atoms with Gasteiger partial charge in [0, 0.05) is 37.8 Å². The molecule has 4 bridgehead atoms. The van der Waals surface area contributed by atoms with Gasteiger partial charge in [0.2, 0.25) is 5.91 Å². The Hall–Kier alpha value is -3.24. The summed E-state index contributed by atoms with van der Waals surface area (Å²) in [6.45, 7) is 2.34. The molecular weight excluding hydrogens is 418 g/mol. The number of carbonyl (C=O) groups excluding carboxylic acids is 1. The van der Waals surface area contributed by atoms with Crippen LogP contribution in [-0.4, -0.2) is 35.1 Å². The van der Waals surface area contributed by atoms with Gasteiger partial charge in [-0.25, -0.2) is 0 Å². The maximum absolute atomic E-state index is 14.0. The predicted octanol–water partition coefficient (Wildman–Crippen LogP) is 4.51. The van der Waals surface area contributed by atoms with Crippen molar-refractivity contribution in [1.82, 2.24) is 10.2 Å². The van der Waals surface area contributed by atoms with Crippen LogP contribution in [0.3, 0.4) is 0 Å². The number of aliphatic imine (C=N–C) groups is 1. The Morgan fingerprint density at radius 2 is 1.50 bits per heavy atom. The van der Waals surface area contributed by atoms with Crippen LogP contribution in [0, 0.1) is 17.8 Å². The van der Waals surface area contributed by atoms with E-state index in [9.17, 15) is 4.79 Å². The molecule has 2 fully saturated rings. The summed E-state index contributed by atoms with van der Waals surface area (Å²) < 4.78 is 0. The maximum Gasteiger partial charge on any atom is 0.250 e. The second-order valence-corrected chi connectivity index (χ2v) is 10.1. The minimum Gasteiger partial charge on any atom is -0.350 e. The number of rotatable bonds is 7. The average Bonchev–Trinajstić information content (AvgIpc) is 3.15. The van der Waals surface area contributed by atoms with E-state index in [0.29, 0.717) is 18.4 Å². The molecule has 4 nitrogen and oxygen atoms in total. The van der Waals surface area contributed by atoms with Crippen LogP contribution in [0.5, 0.6) is 0 Å². The highest BCUT2D eigenvalue weighted by Gasteiger charge is 2.67. The third-order valence-electron chi connectivity index (χ3n) is 8.12. The predicted molar refractivity (Wildman–Crippen MR) is 135 cm³/mol. The monoisotopic (exact) mass is 449 g/mol. The topological polar surface area (TPSA) is 44.7 Å². The Balaban J connectivity index is 1.33. The van der Waals surface area contributed by atoms with Crippen molar-refractivity contribution in [3.8, 4) is 0 Å². The molecule has 34 heavy (non-hydrogen) atoms. The van der Waals surface area contributed by atoms with Gasteiger partial charge in [0.15, 0.2) is 5.54 Å². The zero-order valence-corrected chi connectivity index (χ0v) is 19.4. The van der Waals surface area contributed by atoms with E-state index in [1.807, 2.05) is 18.2 Å². The molecule has 0 aromatic heterocycles. The highest BCUT2D eigenvalue weighted by Crippen LogP contribution is 2.54. The Labute approximate surface area is 201 Å². The summed E-state index contributed by atoms with van der Waals surface area (Å²) in [6, 6.07) is 31.7. The molecule has 0 spiro atoms. The van der Waals surface area contributed by atoms with Crippen molar-refractivity contribution in [3.05, 3.63) is 108 Å². The third kappa shape index (κ3) is 3.67. The molecule has 4 aliphatic rings. The lowest BCUT2D eigenvalue weighted by Crippen LogP contribution is -2.65. The highest BCUT2D eigenvalue weighted by molar-refractivity contribution is 5.92. The molecule has 5 atom stereocenters. The maximum atomic E-state index is 14.0. The van der Waals surface area contributed by atoms with Gasteiger partial charge in [-0.3, -0.25) is 14.7 Å². The molecule has 1 saturated heterocycles. The quantitative estimate of drug-likeness (QED) is 0.577. The van der Waals surface area contributed by atoms with E-state index in [0.717, 1.165) is 31.5 Å². The molecule has 172 valence electrons. The Morgan fingerprint density at radius 1 is 0.882 bits per heavy atom. The fraction of sp³-hybridized carbons (Fsp3) is 0.333. The molecular formula is C30H31N3O. The van der Waals surface area contributed by atoms with Crippen LogP contribution < -0.4 is 5.32 Å². The lowest BCUT2D eigenvalue weighted by atomic mass is 9.59. The van der Waals surface area contributed by atoms with Crippen LogP contribution in [0.15, 0.2) is 96.0 Å². The van der Waals surface area contributed by atoms with Crippen molar-refractivity contribution in [1.29, 1.82) is 0 Å². The van der Waals surface area contributed by atoms with E-state index < -0.39 is 5.54 Å². The summed E-state index contributed by atoms with van der Waals surface area (Å²) in [5, 5.41) is 3.28. The molecule has 3 aromatic carbocycles. The number of benzene rings is 3. The van der Waals surface area contributed by atoms with Gasteiger partial charge in [-0.1, -0.05) is 91.0 Å². The van der Waals surface area contributed by atoms with Gasteiger partial charge in [0.25, 0.3) is 0 Å². The van der Waals surface area contributed by atoms with Crippen LogP contribution in [0.4, 0.5) is 0 Å².